The number of rotatable bonds is 3. The third kappa shape index (κ3) is 2.26. The molecule has 1 aromatic heterocycles. The van der Waals surface area contributed by atoms with E-state index in [4.69, 9.17) is 10.5 Å². The average Bonchev–Trinajstić information content (AvgIpc) is 2.85. The van der Waals surface area contributed by atoms with E-state index in [-0.39, 0.29) is 5.69 Å². The van der Waals surface area contributed by atoms with Crippen LogP contribution in [0, 0.1) is 0 Å². The van der Waals surface area contributed by atoms with E-state index in [1.165, 1.54) is 0 Å². The molecule has 1 aromatic rings. The van der Waals surface area contributed by atoms with Crippen LogP contribution in [0.25, 0.3) is 0 Å². The molecular formula is C11H18N4O2. The van der Waals surface area contributed by atoms with Gasteiger partial charge in [-0.1, -0.05) is 0 Å². The van der Waals surface area contributed by atoms with E-state index in [9.17, 15) is 4.79 Å². The lowest BCUT2D eigenvalue weighted by Crippen LogP contribution is -2.17. The number of ether oxygens (including phenoxy) is 1. The molecule has 6 nitrogen and oxygen atoms in total. The first kappa shape index (κ1) is 11.9. The minimum Gasteiger partial charge on any atom is -0.461 e. The fourth-order valence-corrected chi connectivity index (χ4v) is 2.16. The molecule has 1 unspecified atom stereocenters. The molecule has 2 rings (SSSR count). The molecule has 1 fully saturated rings. The summed E-state index contributed by atoms with van der Waals surface area (Å²) >= 11 is 0. The number of carbonyl (C=O) groups is 1. The zero-order valence-corrected chi connectivity index (χ0v) is 10.2. The molecule has 0 aromatic carbocycles. The molecule has 1 aliphatic heterocycles. The van der Waals surface area contributed by atoms with Crippen molar-refractivity contribution in [3.63, 3.8) is 0 Å². The van der Waals surface area contributed by atoms with Crippen LogP contribution in [0.5, 0.6) is 0 Å². The fourth-order valence-electron chi connectivity index (χ4n) is 2.16. The number of nitrogens with zero attached hydrogens (tertiary/aromatic N) is 3. The maximum absolute atomic E-state index is 11.6. The predicted molar refractivity (Wildman–Crippen MR) is 63.7 cm³/mol. The van der Waals surface area contributed by atoms with Gasteiger partial charge in [0.25, 0.3) is 0 Å². The Bertz CT molecular complexity index is 416. The summed E-state index contributed by atoms with van der Waals surface area (Å²) in [7, 11) is 2.07. The smallest absolute Gasteiger partial charge is 0.360 e. The van der Waals surface area contributed by atoms with Gasteiger partial charge >= 0.3 is 5.97 Å². The first-order chi connectivity index (χ1) is 8.13. The molecule has 2 N–H and O–H groups in total. The standard InChI is InChI=1S/C11H18N4O2/c1-3-17-11(16)9-10(12)15(7-13-9)8-4-5-14(2)6-8/h7-8H,3-6,12H2,1-2H3. The van der Waals surface area contributed by atoms with Crippen molar-refractivity contribution in [1.82, 2.24) is 14.5 Å². The highest BCUT2D eigenvalue weighted by Crippen LogP contribution is 2.24. The summed E-state index contributed by atoms with van der Waals surface area (Å²) in [4.78, 5) is 17.8. The first-order valence-electron chi connectivity index (χ1n) is 5.81. The monoisotopic (exact) mass is 238 g/mol. The second-order valence-electron chi connectivity index (χ2n) is 4.31. The molecule has 94 valence electrons. The Kier molecular flexibility index (Phi) is 3.33. The molecule has 17 heavy (non-hydrogen) atoms. The SMILES string of the molecule is CCOC(=O)c1ncn(C2CCN(C)C2)c1N. The fraction of sp³-hybridized carbons (Fsp3) is 0.636. The van der Waals surface area contributed by atoms with Crippen LogP contribution in [0.15, 0.2) is 6.33 Å². The van der Waals surface area contributed by atoms with Gasteiger partial charge in [-0.2, -0.15) is 0 Å². The lowest BCUT2D eigenvalue weighted by atomic mass is 10.2. The van der Waals surface area contributed by atoms with Crippen LogP contribution in [0.1, 0.15) is 29.9 Å². The average molecular weight is 238 g/mol. The van der Waals surface area contributed by atoms with Gasteiger partial charge in [0.1, 0.15) is 5.82 Å². The van der Waals surface area contributed by atoms with Gasteiger partial charge in [0.15, 0.2) is 5.69 Å². The zero-order valence-electron chi connectivity index (χ0n) is 10.2. The molecule has 1 atom stereocenters. The Morgan fingerprint density at radius 3 is 3.06 bits per heavy atom. The van der Waals surface area contributed by atoms with E-state index in [1.807, 2.05) is 4.57 Å². The normalized spacial score (nSPS) is 20.7. The minimum atomic E-state index is -0.449. The summed E-state index contributed by atoms with van der Waals surface area (Å²) < 4.78 is 6.77. The second-order valence-corrected chi connectivity index (χ2v) is 4.31. The van der Waals surface area contributed by atoms with Crippen molar-refractivity contribution in [2.45, 2.75) is 19.4 Å². The van der Waals surface area contributed by atoms with Gasteiger partial charge in [-0.3, -0.25) is 0 Å². The molecule has 0 spiro atoms. The Morgan fingerprint density at radius 1 is 1.71 bits per heavy atom. The van der Waals surface area contributed by atoms with Gasteiger partial charge in [0.05, 0.1) is 19.0 Å². The van der Waals surface area contributed by atoms with Crippen LogP contribution in [-0.2, 0) is 4.74 Å². The van der Waals surface area contributed by atoms with Crippen LogP contribution in [0.4, 0.5) is 5.82 Å². The number of likely N-dealkylation sites (tertiary alicyclic amines) is 1. The largest absolute Gasteiger partial charge is 0.461 e. The van der Waals surface area contributed by atoms with Crippen LogP contribution < -0.4 is 5.73 Å². The molecule has 2 heterocycles. The van der Waals surface area contributed by atoms with E-state index < -0.39 is 5.97 Å². The highest BCUT2D eigenvalue weighted by atomic mass is 16.5. The van der Waals surface area contributed by atoms with E-state index in [1.54, 1.807) is 13.3 Å². The van der Waals surface area contributed by atoms with Crippen molar-refractivity contribution in [3.8, 4) is 0 Å². The topological polar surface area (TPSA) is 73.4 Å². The number of imidazole rings is 1. The van der Waals surface area contributed by atoms with E-state index >= 15 is 0 Å². The predicted octanol–water partition coefficient (Wildman–Crippen LogP) is 0.519. The lowest BCUT2D eigenvalue weighted by Gasteiger charge is -2.13. The summed E-state index contributed by atoms with van der Waals surface area (Å²) in [5.41, 5.74) is 6.16. The van der Waals surface area contributed by atoms with Crippen molar-refractivity contribution >= 4 is 11.8 Å². The minimum absolute atomic E-state index is 0.224. The van der Waals surface area contributed by atoms with E-state index in [0.717, 1.165) is 19.5 Å². The van der Waals surface area contributed by atoms with Gasteiger partial charge < -0.3 is 19.9 Å². The van der Waals surface area contributed by atoms with Crippen molar-refractivity contribution in [1.29, 1.82) is 0 Å². The van der Waals surface area contributed by atoms with Crippen molar-refractivity contribution in [2.75, 3.05) is 32.5 Å². The van der Waals surface area contributed by atoms with Crippen molar-refractivity contribution in [2.24, 2.45) is 0 Å². The van der Waals surface area contributed by atoms with Gasteiger partial charge in [0.2, 0.25) is 0 Å². The maximum Gasteiger partial charge on any atom is 0.360 e. The van der Waals surface area contributed by atoms with Crippen LogP contribution in [0.3, 0.4) is 0 Å². The highest BCUT2D eigenvalue weighted by molar-refractivity contribution is 5.92. The Balaban J connectivity index is 2.18. The molecule has 6 heteroatoms. The van der Waals surface area contributed by atoms with E-state index in [0.29, 0.717) is 18.5 Å². The maximum atomic E-state index is 11.6. The molecule has 0 radical (unpaired) electrons. The third-order valence-electron chi connectivity index (χ3n) is 3.06. The Labute approximate surface area is 100 Å². The Morgan fingerprint density at radius 2 is 2.47 bits per heavy atom. The highest BCUT2D eigenvalue weighted by Gasteiger charge is 2.25. The number of aromatic nitrogens is 2. The van der Waals surface area contributed by atoms with Crippen LogP contribution in [-0.4, -0.2) is 47.2 Å². The van der Waals surface area contributed by atoms with Crippen molar-refractivity contribution in [3.05, 3.63) is 12.0 Å². The summed E-state index contributed by atoms with van der Waals surface area (Å²) in [6.07, 6.45) is 2.66. The number of hydrogen-bond acceptors (Lipinski definition) is 5. The van der Waals surface area contributed by atoms with Gasteiger partial charge in [-0.15, -0.1) is 0 Å². The first-order valence-corrected chi connectivity index (χ1v) is 5.81. The number of hydrogen-bond donors (Lipinski definition) is 1. The van der Waals surface area contributed by atoms with Gasteiger partial charge in [0, 0.05) is 6.54 Å². The molecule has 1 saturated heterocycles. The van der Waals surface area contributed by atoms with E-state index in [2.05, 4.69) is 16.9 Å². The molecule has 0 aliphatic carbocycles. The second kappa shape index (κ2) is 4.75. The summed E-state index contributed by atoms with van der Waals surface area (Å²) in [5.74, 6) is -0.0427. The number of likely N-dealkylation sites (N-methyl/N-ethyl adjacent to an activating group) is 1. The van der Waals surface area contributed by atoms with Crippen LogP contribution >= 0.6 is 0 Å². The third-order valence-corrected chi connectivity index (χ3v) is 3.06. The van der Waals surface area contributed by atoms with Gasteiger partial charge in [-0.05, 0) is 26.9 Å². The van der Waals surface area contributed by atoms with Crippen LogP contribution in [0.2, 0.25) is 0 Å². The lowest BCUT2D eigenvalue weighted by molar-refractivity contribution is 0.0521. The zero-order chi connectivity index (χ0) is 12.4. The number of nitrogens with two attached hydrogens (primary N) is 1. The molecule has 0 amide bonds. The molecule has 0 bridgehead atoms. The number of anilines is 1. The molecule has 0 saturated carbocycles. The quantitative estimate of drug-likeness (QED) is 0.777. The summed E-state index contributed by atoms with van der Waals surface area (Å²) in [5, 5.41) is 0. The van der Waals surface area contributed by atoms with Gasteiger partial charge in [-0.25, -0.2) is 9.78 Å². The summed E-state index contributed by atoms with van der Waals surface area (Å²) in [6.45, 7) is 4.06. The Hall–Kier alpha value is -1.56. The molecule has 1 aliphatic rings. The molecular weight excluding hydrogens is 220 g/mol. The summed E-state index contributed by atoms with van der Waals surface area (Å²) in [6, 6.07) is 0.302. The number of nitrogen functional groups attached to an aromatic ring is 1. The number of esters is 1. The number of carbonyl (C=O) groups excluding carboxylic acids is 1. The van der Waals surface area contributed by atoms with Crippen molar-refractivity contribution < 1.29 is 9.53 Å².